The predicted octanol–water partition coefficient (Wildman–Crippen LogP) is 5.22. The van der Waals surface area contributed by atoms with Crippen molar-refractivity contribution in [2.75, 3.05) is 32.3 Å². The number of aryl methyl sites for hydroxylation is 1. The van der Waals surface area contributed by atoms with E-state index in [9.17, 15) is 19.5 Å². The van der Waals surface area contributed by atoms with Gasteiger partial charge in [0.15, 0.2) is 28.1 Å². The molecule has 1 aromatic heterocycles. The van der Waals surface area contributed by atoms with Crippen molar-refractivity contribution in [2.45, 2.75) is 19.6 Å². The number of hydrogen-bond acceptors (Lipinski definition) is 11. The van der Waals surface area contributed by atoms with Crippen LogP contribution in [0, 0.1) is 6.92 Å². The van der Waals surface area contributed by atoms with Crippen molar-refractivity contribution in [1.82, 2.24) is 4.98 Å². The van der Waals surface area contributed by atoms with E-state index in [1.807, 2.05) is 30.3 Å². The first-order valence-corrected chi connectivity index (χ1v) is 14.7. The molecule has 11 nitrogen and oxygen atoms in total. The molecule has 0 spiro atoms. The van der Waals surface area contributed by atoms with Crippen LogP contribution in [-0.2, 0) is 20.9 Å². The summed E-state index contributed by atoms with van der Waals surface area (Å²) in [5, 5.41) is 11.7. The highest BCUT2D eigenvalue weighted by atomic mass is 32.1. The second-order valence-corrected chi connectivity index (χ2v) is 11.1. The highest BCUT2D eigenvalue weighted by Gasteiger charge is 2.48. The quantitative estimate of drug-likeness (QED) is 0.120. The van der Waals surface area contributed by atoms with E-state index in [1.54, 1.807) is 43.3 Å². The number of aliphatic hydroxyl groups excluding tert-OH is 1. The molecule has 1 fully saturated rings. The van der Waals surface area contributed by atoms with E-state index in [-0.39, 0.29) is 27.8 Å². The minimum Gasteiger partial charge on any atom is -0.507 e. The van der Waals surface area contributed by atoms with Crippen LogP contribution >= 0.6 is 11.3 Å². The molecule has 2 aliphatic rings. The van der Waals surface area contributed by atoms with Gasteiger partial charge in [0, 0.05) is 5.56 Å². The molecule has 1 N–H and O–H groups in total. The average molecular weight is 629 g/mol. The third-order valence-corrected chi connectivity index (χ3v) is 8.50. The summed E-state index contributed by atoms with van der Waals surface area (Å²) in [4.78, 5) is 45.6. The van der Waals surface area contributed by atoms with E-state index >= 15 is 0 Å². The Morgan fingerprint density at radius 1 is 1.00 bits per heavy atom. The summed E-state index contributed by atoms with van der Waals surface area (Å²) in [6.45, 7) is 2.60. The smallest absolute Gasteiger partial charge is 0.350 e. The van der Waals surface area contributed by atoms with Crippen molar-refractivity contribution >= 4 is 39.9 Å². The van der Waals surface area contributed by atoms with Gasteiger partial charge in [0.25, 0.3) is 5.78 Å². The maximum atomic E-state index is 13.7. The molecule has 1 atom stereocenters. The summed E-state index contributed by atoms with van der Waals surface area (Å²) in [6.07, 6.45) is 0. The number of anilines is 1. The zero-order valence-corrected chi connectivity index (χ0v) is 25.4. The van der Waals surface area contributed by atoms with Gasteiger partial charge >= 0.3 is 11.9 Å². The Morgan fingerprint density at radius 3 is 2.49 bits per heavy atom. The number of carbonyl (C=O) groups is 3. The van der Waals surface area contributed by atoms with Crippen molar-refractivity contribution in [3.8, 4) is 23.0 Å². The van der Waals surface area contributed by atoms with Crippen LogP contribution in [0.25, 0.3) is 5.76 Å². The monoisotopic (exact) mass is 628 g/mol. The number of benzene rings is 3. The van der Waals surface area contributed by atoms with Crippen LogP contribution in [0.15, 0.2) is 72.3 Å². The molecule has 3 aromatic carbocycles. The van der Waals surface area contributed by atoms with Crippen molar-refractivity contribution in [3.63, 3.8) is 0 Å². The van der Waals surface area contributed by atoms with Crippen LogP contribution in [0.3, 0.4) is 0 Å². The number of rotatable bonds is 8. The molecule has 230 valence electrons. The van der Waals surface area contributed by atoms with Gasteiger partial charge in [0.2, 0.25) is 0 Å². The third kappa shape index (κ3) is 5.55. The predicted molar refractivity (Wildman–Crippen MR) is 164 cm³/mol. The van der Waals surface area contributed by atoms with Crippen molar-refractivity contribution in [2.24, 2.45) is 0 Å². The van der Waals surface area contributed by atoms with Crippen molar-refractivity contribution in [1.29, 1.82) is 0 Å². The van der Waals surface area contributed by atoms with Gasteiger partial charge in [-0.15, -0.1) is 0 Å². The number of ketones is 1. The van der Waals surface area contributed by atoms with Crippen molar-refractivity contribution in [3.05, 3.63) is 99.6 Å². The first-order chi connectivity index (χ1) is 21.8. The fourth-order valence-electron chi connectivity index (χ4n) is 5.17. The first kappa shape index (κ1) is 29.7. The molecule has 1 amide bonds. The number of aromatic nitrogens is 1. The van der Waals surface area contributed by atoms with Crippen LogP contribution in [0.4, 0.5) is 5.13 Å². The van der Waals surface area contributed by atoms with Crippen LogP contribution < -0.4 is 23.8 Å². The summed E-state index contributed by atoms with van der Waals surface area (Å²) < 4.78 is 27.8. The second-order valence-electron chi connectivity index (χ2n) is 10.1. The Hall–Kier alpha value is -5.36. The van der Waals surface area contributed by atoms with Crippen LogP contribution in [0.5, 0.6) is 23.0 Å². The highest BCUT2D eigenvalue weighted by Crippen LogP contribution is 2.46. The molecule has 3 heterocycles. The molecule has 0 bridgehead atoms. The number of hydrogen-bond donors (Lipinski definition) is 1. The number of aliphatic hydroxyl groups is 1. The van der Waals surface area contributed by atoms with E-state index < -0.39 is 29.5 Å². The number of amides is 1. The Bertz CT molecular complexity index is 1830. The van der Waals surface area contributed by atoms with Gasteiger partial charge in [0.1, 0.15) is 30.5 Å². The number of carbonyl (C=O) groups excluding carboxylic acids is 3. The minimum absolute atomic E-state index is 0.0876. The number of nitrogens with zero attached hydrogens (tertiary/aromatic N) is 2. The Kier molecular flexibility index (Phi) is 8.14. The summed E-state index contributed by atoms with van der Waals surface area (Å²) in [5.41, 5.74) is 1.80. The number of methoxy groups -OCH3 is 2. The standard InChI is InChI=1S/C33H28N2O9S/c1-18-30(32(39)41-3)45-33(34-18)35-27(20-9-11-22(24(15-20)40-2)44-17-19-7-5-4-6-8-19)26(29(37)31(35)38)28(36)21-10-12-23-25(16-21)43-14-13-42-23/h4-12,15-16,27,36H,13-14,17H2,1-3H3/b28-26+. The maximum Gasteiger partial charge on any atom is 0.350 e. The molecule has 2 aliphatic heterocycles. The lowest BCUT2D eigenvalue weighted by molar-refractivity contribution is -0.132. The lowest BCUT2D eigenvalue weighted by atomic mass is 9.95. The lowest BCUT2D eigenvalue weighted by Crippen LogP contribution is -2.29. The SMILES string of the molecule is COC(=O)c1sc(N2C(=O)C(=O)/C(=C(/O)c3ccc4c(c3)OCCO4)C2c2ccc(OCc3ccccc3)c(OC)c2)nc1C. The molecule has 1 saturated heterocycles. The molecular formula is C33H28N2O9S. The second kappa shape index (κ2) is 12.3. The third-order valence-electron chi connectivity index (χ3n) is 7.36. The van der Waals surface area contributed by atoms with Crippen LogP contribution in [0.2, 0.25) is 0 Å². The molecule has 1 unspecified atom stereocenters. The van der Waals surface area contributed by atoms with Crippen molar-refractivity contribution < 1.29 is 43.2 Å². The zero-order valence-electron chi connectivity index (χ0n) is 24.6. The minimum atomic E-state index is -1.13. The summed E-state index contributed by atoms with van der Waals surface area (Å²) in [7, 11) is 2.72. The first-order valence-electron chi connectivity index (χ1n) is 13.9. The summed E-state index contributed by atoms with van der Waals surface area (Å²) in [5.74, 6) is -1.21. The Labute approximate surface area is 262 Å². The van der Waals surface area contributed by atoms with Gasteiger partial charge < -0.3 is 28.8 Å². The normalized spacial score (nSPS) is 16.9. The topological polar surface area (TPSA) is 134 Å². The van der Waals surface area contributed by atoms with E-state index in [0.29, 0.717) is 47.5 Å². The fourth-order valence-corrected chi connectivity index (χ4v) is 6.18. The number of thiazole rings is 1. The Balaban J connectivity index is 1.47. The number of ether oxygens (including phenoxy) is 5. The lowest BCUT2D eigenvalue weighted by Gasteiger charge is -2.24. The van der Waals surface area contributed by atoms with E-state index in [2.05, 4.69) is 4.98 Å². The average Bonchev–Trinajstić information content (AvgIpc) is 3.58. The Morgan fingerprint density at radius 2 is 1.76 bits per heavy atom. The van der Waals surface area contributed by atoms with Gasteiger partial charge in [-0.05, 0) is 48.4 Å². The number of esters is 1. The van der Waals surface area contributed by atoms with Crippen LogP contribution in [-0.4, -0.2) is 55.2 Å². The molecule has 12 heteroatoms. The number of Topliss-reactive ketones (excluding diaryl/α,β-unsaturated/α-hetero) is 1. The summed E-state index contributed by atoms with van der Waals surface area (Å²) in [6, 6.07) is 18.2. The molecule has 45 heavy (non-hydrogen) atoms. The molecule has 0 saturated carbocycles. The zero-order chi connectivity index (χ0) is 31.7. The van der Waals surface area contributed by atoms with Gasteiger partial charge in [-0.1, -0.05) is 47.7 Å². The van der Waals surface area contributed by atoms with E-state index in [0.717, 1.165) is 16.9 Å². The molecule has 0 radical (unpaired) electrons. The molecule has 0 aliphatic carbocycles. The summed E-state index contributed by atoms with van der Waals surface area (Å²) >= 11 is 0.911. The highest BCUT2D eigenvalue weighted by molar-refractivity contribution is 7.17. The van der Waals surface area contributed by atoms with Gasteiger partial charge in [0.05, 0.1) is 31.5 Å². The van der Waals surface area contributed by atoms with Crippen LogP contribution in [0.1, 0.15) is 38.1 Å². The molecule has 6 rings (SSSR count). The van der Waals surface area contributed by atoms with Gasteiger partial charge in [-0.25, -0.2) is 9.78 Å². The van der Waals surface area contributed by atoms with E-state index in [1.165, 1.54) is 19.1 Å². The van der Waals surface area contributed by atoms with Gasteiger partial charge in [-0.3, -0.25) is 14.5 Å². The number of fused-ring (bicyclic) bond motifs is 1. The molecular weight excluding hydrogens is 600 g/mol. The maximum absolute atomic E-state index is 13.7. The molecule has 4 aromatic rings. The van der Waals surface area contributed by atoms with E-state index in [4.69, 9.17) is 23.7 Å². The fraction of sp³-hybridized carbons (Fsp3) is 0.212. The largest absolute Gasteiger partial charge is 0.507 e. The van der Waals surface area contributed by atoms with Gasteiger partial charge in [-0.2, -0.15) is 0 Å².